The van der Waals surface area contributed by atoms with Gasteiger partial charge in [0.25, 0.3) is 0 Å². The molecule has 57 heavy (non-hydrogen) atoms. The molecule has 3 aromatic heterocycles. The van der Waals surface area contributed by atoms with E-state index < -0.39 is 0 Å². The molecule has 0 N–H and O–H groups in total. The number of aromatic nitrogens is 3. The number of fused-ring (bicyclic) bond motifs is 6. The zero-order valence-corrected chi connectivity index (χ0v) is 34.0. The third-order valence-electron chi connectivity index (χ3n) is 12.4. The zero-order valence-electron chi connectivity index (χ0n) is 33.2. The quantitative estimate of drug-likeness (QED) is 0.239. The Hall–Kier alpha value is -5.98. The van der Waals surface area contributed by atoms with Gasteiger partial charge in [0.2, 0.25) is 0 Å². The molecule has 0 saturated heterocycles. The Bertz CT molecular complexity index is 3260. The van der Waals surface area contributed by atoms with Crippen molar-refractivity contribution in [2.45, 2.75) is 0 Å². The highest BCUT2D eigenvalue weighted by molar-refractivity contribution is 7.28. The van der Waals surface area contributed by atoms with E-state index in [0.29, 0.717) is 17.5 Å². The molecule has 0 amide bonds. The first kappa shape index (κ1) is 35.4. The normalized spacial score (nSPS) is 11.6. The number of hydrogen-bond acceptors (Lipinski definition) is 5. The zero-order chi connectivity index (χ0) is 39.1. The smallest absolute Gasteiger partial charge is 0.167 e. The molecule has 262 valence electrons. The van der Waals surface area contributed by atoms with Crippen molar-refractivity contribution in [3.05, 3.63) is 121 Å². The number of furan rings is 1. The van der Waals surface area contributed by atoms with Gasteiger partial charge in [-0.3, -0.25) is 0 Å². The Morgan fingerprint density at radius 2 is 0.895 bits per heavy atom. The van der Waals surface area contributed by atoms with Crippen LogP contribution in [0.1, 0.15) is 0 Å². The van der Waals surface area contributed by atoms with E-state index in [0.717, 1.165) is 44.2 Å². The molecule has 10 rings (SSSR count). The maximum Gasteiger partial charge on any atom is 0.167 e. The molecule has 0 aliphatic carbocycles. The Morgan fingerprint density at radius 1 is 0.386 bits per heavy atom. The number of rotatable bonds is 5. The molecule has 4 nitrogen and oxygen atoms in total. The second-order valence-corrected chi connectivity index (χ2v) is 16.4. The van der Waals surface area contributed by atoms with Crippen molar-refractivity contribution in [1.29, 1.82) is 0 Å². The lowest BCUT2D eigenvalue weighted by Crippen LogP contribution is -2.47. The first-order chi connectivity index (χ1) is 27.7. The highest BCUT2D eigenvalue weighted by atomic mass is 32.1. The van der Waals surface area contributed by atoms with Crippen molar-refractivity contribution in [2.24, 2.45) is 0 Å². The fourth-order valence-corrected chi connectivity index (χ4v) is 10.0. The monoisotopic (exact) mass is 741 g/mol. The van der Waals surface area contributed by atoms with Gasteiger partial charge in [-0.05, 0) is 39.8 Å². The molecule has 0 saturated carbocycles. The number of hydrogen-bond donors (Lipinski definition) is 0. The third kappa shape index (κ3) is 5.64. The predicted octanol–water partition coefficient (Wildman–Crippen LogP) is 0.283. The van der Waals surface area contributed by atoms with Crippen LogP contribution in [0.5, 0.6) is 0 Å². The number of benzene rings is 7. The van der Waals surface area contributed by atoms with Gasteiger partial charge in [-0.1, -0.05) is 137 Å². The Morgan fingerprint density at radius 3 is 1.58 bits per heavy atom. The van der Waals surface area contributed by atoms with Crippen LogP contribution >= 0.6 is 11.3 Å². The van der Waals surface area contributed by atoms with E-state index in [4.69, 9.17) is 19.4 Å². The van der Waals surface area contributed by atoms with Crippen LogP contribution in [0.3, 0.4) is 0 Å². The van der Waals surface area contributed by atoms with E-state index >= 15 is 0 Å². The minimum absolute atomic E-state index is 0.573. The van der Waals surface area contributed by atoms with Crippen LogP contribution in [0.15, 0.2) is 126 Å². The minimum Gasteiger partial charge on any atom is -0.455 e. The molecule has 0 bridgehead atoms. The van der Waals surface area contributed by atoms with Gasteiger partial charge in [0, 0.05) is 36.7 Å². The molecule has 3 heterocycles. The molecular formula is C45H34B7N3OS. The Kier molecular flexibility index (Phi) is 8.46. The largest absolute Gasteiger partial charge is 0.455 e. The van der Waals surface area contributed by atoms with Crippen molar-refractivity contribution in [3.8, 4) is 56.4 Å². The molecule has 10 aromatic rings. The maximum absolute atomic E-state index is 6.48. The lowest BCUT2D eigenvalue weighted by molar-refractivity contribution is 0.669. The average molecular weight is 741 g/mol. The van der Waals surface area contributed by atoms with Gasteiger partial charge in [0.05, 0.1) is 5.56 Å². The summed E-state index contributed by atoms with van der Waals surface area (Å²) < 4.78 is 9.26. The lowest BCUT2D eigenvalue weighted by atomic mass is 9.64. The van der Waals surface area contributed by atoms with Gasteiger partial charge in [-0.2, -0.15) is 0 Å². The van der Waals surface area contributed by atoms with Gasteiger partial charge in [-0.25, -0.2) is 15.0 Å². The van der Waals surface area contributed by atoms with E-state index in [-0.39, 0.29) is 0 Å². The Balaban J connectivity index is 1.15. The summed E-state index contributed by atoms with van der Waals surface area (Å²) in [5.41, 5.74) is 18.7. The first-order valence-corrected chi connectivity index (χ1v) is 20.3. The summed E-state index contributed by atoms with van der Waals surface area (Å²) >= 11 is 1.95. The second-order valence-electron chi connectivity index (χ2n) is 15.4. The molecule has 7 aromatic carbocycles. The van der Waals surface area contributed by atoms with Crippen LogP contribution in [-0.2, 0) is 0 Å². The van der Waals surface area contributed by atoms with E-state index in [1.807, 2.05) is 41.7 Å². The van der Waals surface area contributed by atoms with Gasteiger partial charge in [0.15, 0.2) is 17.5 Å². The number of para-hydroxylation sites is 2. The fraction of sp³-hybridized carbons (Fsp3) is 0. The summed E-state index contributed by atoms with van der Waals surface area (Å²) in [5.74, 6) is 1.80. The van der Waals surface area contributed by atoms with Crippen LogP contribution in [0.25, 0.3) is 98.5 Å². The molecule has 0 atom stereocenters. The summed E-state index contributed by atoms with van der Waals surface area (Å²) in [6, 6.07) is 42.1. The molecule has 0 aliphatic rings. The molecule has 0 unspecified atom stereocenters. The molecular weight excluding hydrogens is 706 g/mol. The first-order valence-electron chi connectivity index (χ1n) is 19.5. The van der Waals surface area contributed by atoms with Gasteiger partial charge in [-0.15, -0.1) is 22.3 Å². The molecule has 0 radical (unpaired) electrons. The molecule has 0 aliphatic heterocycles. The van der Waals surface area contributed by atoms with Crippen molar-refractivity contribution >= 4 is 147 Å². The SMILES string of the molecule is Bc1c(B)c(B)c2c(sc3c(B)c(B)c(B)c(-c4ccc(-c5nc(-c6ccc(-c7ccccc7)cc6)nc(-c6cccc7c6oc6ccccc67)n5)cc4)c32)c1B. The Labute approximate surface area is 342 Å². The molecule has 0 fully saturated rings. The van der Waals surface area contributed by atoms with Gasteiger partial charge in [0.1, 0.15) is 66.1 Å². The second kappa shape index (κ2) is 13.6. The van der Waals surface area contributed by atoms with Crippen LogP contribution in [0.4, 0.5) is 0 Å². The van der Waals surface area contributed by atoms with E-state index in [2.05, 4.69) is 146 Å². The lowest BCUT2D eigenvalue weighted by Gasteiger charge is -2.18. The molecule has 12 heteroatoms. The van der Waals surface area contributed by atoms with Gasteiger partial charge >= 0.3 is 0 Å². The molecule has 0 spiro atoms. The summed E-state index contributed by atoms with van der Waals surface area (Å²) in [6.07, 6.45) is 0. The average Bonchev–Trinajstić information content (AvgIpc) is 3.84. The van der Waals surface area contributed by atoms with Crippen LogP contribution in [0.2, 0.25) is 0 Å². The standard InChI is InChI=1S/C45H34B7N3OS/c46-33-30(31-32-34(47)35(48)37(50)39(52)42(32)57-41(31)38(51)36(33)49)23-15-19-25(20-16-23)44-53-43(24-17-13-22(14-18-24)21-7-2-1-3-8-21)54-45(55-44)28-11-6-10-27-26-9-4-5-12-29(26)56-40(27)28/h1-20H,46-52H2. The topological polar surface area (TPSA) is 51.8 Å². The highest BCUT2D eigenvalue weighted by Crippen LogP contribution is 2.38. The summed E-state index contributed by atoms with van der Waals surface area (Å²) in [6.45, 7) is 0. The van der Waals surface area contributed by atoms with Crippen molar-refractivity contribution in [2.75, 3.05) is 0 Å². The van der Waals surface area contributed by atoms with Crippen molar-refractivity contribution in [3.63, 3.8) is 0 Å². The van der Waals surface area contributed by atoms with Crippen molar-refractivity contribution in [1.82, 2.24) is 15.0 Å². The maximum atomic E-state index is 6.48. The summed E-state index contributed by atoms with van der Waals surface area (Å²) in [7, 11) is 16.0. The fourth-order valence-electron chi connectivity index (χ4n) is 8.57. The minimum atomic E-state index is 0.573. The van der Waals surface area contributed by atoms with E-state index in [1.54, 1.807) is 0 Å². The number of nitrogens with zero attached hydrogens (tertiary/aromatic N) is 3. The van der Waals surface area contributed by atoms with Crippen LogP contribution < -0.4 is 38.2 Å². The van der Waals surface area contributed by atoms with Crippen LogP contribution in [0, 0.1) is 0 Å². The van der Waals surface area contributed by atoms with E-state index in [1.165, 1.54) is 75.1 Å². The number of thiophene rings is 1. The third-order valence-corrected chi connectivity index (χ3v) is 13.8. The predicted molar refractivity (Wildman–Crippen MR) is 264 cm³/mol. The highest BCUT2D eigenvalue weighted by Gasteiger charge is 2.22. The summed E-state index contributed by atoms with van der Waals surface area (Å²) in [4.78, 5) is 15.4. The summed E-state index contributed by atoms with van der Waals surface area (Å²) in [5, 5.41) is 4.87. The van der Waals surface area contributed by atoms with Crippen LogP contribution in [-0.4, -0.2) is 69.9 Å². The van der Waals surface area contributed by atoms with Gasteiger partial charge < -0.3 is 4.42 Å². The van der Waals surface area contributed by atoms with E-state index in [9.17, 15) is 0 Å². The van der Waals surface area contributed by atoms with Crippen molar-refractivity contribution < 1.29 is 4.42 Å².